The fourth-order valence-electron chi connectivity index (χ4n) is 2.10. The lowest BCUT2D eigenvalue weighted by Crippen LogP contribution is -2.22. The van der Waals surface area contributed by atoms with Gasteiger partial charge in [0, 0.05) is 18.2 Å². The Labute approximate surface area is 116 Å². The first-order valence-electron chi connectivity index (χ1n) is 7.34. The highest BCUT2D eigenvalue weighted by molar-refractivity contribution is 5.35. The maximum absolute atomic E-state index is 5.82. The standard InChI is InChI=1S/C16H25NO2/c1-3-18-10-11-19-16-7-5-4-6-15(16)13(2)17-12-14-8-9-14/h4-7,13-14,17H,3,8-12H2,1-2H3. The Balaban J connectivity index is 1.86. The minimum absolute atomic E-state index is 0.337. The van der Waals surface area contributed by atoms with Crippen molar-refractivity contribution >= 4 is 0 Å². The molecule has 0 aliphatic heterocycles. The molecule has 1 N–H and O–H groups in total. The molecule has 0 amide bonds. The Bertz CT molecular complexity index is 377. The fourth-order valence-corrected chi connectivity index (χ4v) is 2.10. The van der Waals surface area contributed by atoms with Gasteiger partial charge in [0.1, 0.15) is 12.4 Å². The number of nitrogens with one attached hydrogen (secondary N) is 1. The van der Waals surface area contributed by atoms with Gasteiger partial charge in [0.05, 0.1) is 6.61 Å². The maximum Gasteiger partial charge on any atom is 0.124 e. The molecular formula is C16H25NO2. The number of hydrogen-bond donors (Lipinski definition) is 1. The SMILES string of the molecule is CCOCCOc1ccccc1C(C)NCC1CC1. The predicted molar refractivity (Wildman–Crippen MR) is 77.6 cm³/mol. The van der Waals surface area contributed by atoms with Crippen LogP contribution in [0.1, 0.15) is 38.3 Å². The number of para-hydroxylation sites is 1. The van der Waals surface area contributed by atoms with E-state index in [1.807, 2.05) is 19.1 Å². The summed E-state index contributed by atoms with van der Waals surface area (Å²) < 4.78 is 11.1. The van der Waals surface area contributed by atoms with Crippen LogP contribution in [0.2, 0.25) is 0 Å². The zero-order valence-electron chi connectivity index (χ0n) is 12.0. The Kier molecular flexibility index (Phi) is 5.67. The van der Waals surface area contributed by atoms with Gasteiger partial charge in [-0.3, -0.25) is 0 Å². The van der Waals surface area contributed by atoms with Crippen LogP contribution in [0.15, 0.2) is 24.3 Å². The smallest absolute Gasteiger partial charge is 0.124 e. The van der Waals surface area contributed by atoms with Crippen molar-refractivity contribution in [3.63, 3.8) is 0 Å². The molecule has 0 spiro atoms. The highest BCUT2D eigenvalue weighted by Crippen LogP contribution is 2.30. The first-order valence-corrected chi connectivity index (χ1v) is 7.34. The predicted octanol–water partition coefficient (Wildman–Crippen LogP) is 3.16. The van der Waals surface area contributed by atoms with Crippen molar-refractivity contribution in [1.29, 1.82) is 0 Å². The average Bonchev–Trinajstić information content (AvgIpc) is 3.26. The molecule has 1 aromatic carbocycles. The highest BCUT2D eigenvalue weighted by atomic mass is 16.5. The average molecular weight is 263 g/mol. The molecule has 0 saturated heterocycles. The molecule has 19 heavy (non-hydrogen) atoms. The second-order valence-electron chi connectivity index (χ2n) is 5.16. The second-order valence-corrected chi connectivity index (χ2v) is 5.16. The van der Waals surface area contributed by atoms with Crippen LogP contribution in [0.4, 0.5) is 0 Å². The summed E-state index contributed by atoms with van der Waals surface area (Å²) in [5.74, 6) is 1.87. The molecule has 0 aromatic heterocycles. The summed E-state index contributed by atoms with van der Waals surface area (Å²) in [4.78, 5) is 0. The third-order valence-corrected chi connectivity index (χ3v) is 3.48. The summed E-state index contributed by atoms with van der Waals surface area (Å²) >= 11 is 0. The third kappa shape index (κ3) is 4.84. The molecule has 1 aliphatic rings. The van der Waals surface area contributed by atoms with Gasteiger partial charge in [0.2, 0.25) is 0 Å². The topological polar surface area (TPSA) is 30.5 Å². The lowest BCUT2D eigenvalue weighted by Gasteiger charge is -2.18. The minimum atomic E-state index is 0.337. The molecule has 3 nitrogen and oxygen atoms in total. The van der Waals surface area contributed by atoms with Crippen LogP contribution in [-0.4, -0.2) is 26.4 Å². The van der Waals surface area contributed by atoms with E-state index < -0.39 is 0 Å². The minimum Gasteiger partial charge on any atom is -0.491 e. The van der Waals surface area contributed by atoms with Gasteiger partial charge in [-0.25, -0.2) is 0 Å². The Morgan fingerprint density at radius 2 is 2.05 bits per heavy atom. The van der Waals surface area contributed by atoms with Crippen molar-refractivity contribution in [2.45, 2.75) is 32.7 Å². The zero-order valence-corrected chi connectivity index (χ0v) is 12.0. The highest BCUT2D eigenvalue weighted by Gasteiger charge is 2.22. The van der Waals surface area contributed by atoms with E-state index in [1.54, 1.807) is 0 Å². The largest absolute Gasteiger partial charge is 0.491 e. The van der Waals surface area contributed by atoms with E-state index in [-0.39, 0.29) is 0 Å². The molecule has 1 aromatic rings. The summed E-state index contributed by atoms with van der Waals surface area (Å²) in [5.41, 5.74) is 1.24. The van der Waals surface area contributed by atoms with Crippen molar-refractivity contribution < 1.29 is 9.47 Å². The number of benzene rings is 1. The van der Waals surface area contributed by atoms with Crippen LogP contribution in [-0.2, 0) is 4.74 Å². The molecule has 1 fully saturated rings. The second kappa shape index (κ2) is 7.51. The monoisotopic (exact) mass is 263 g/mol. The quantitative estimate of drug-likeness (QED) is 0.694. The molecule has 0 bridgehead atoms. The molecule has 1 unspecified atom stereocenters. The number of ether oxygens (including phenoxy) is 2. The van der Waals surface area contributed by atoms with Crippen molar-refractivity contribution in [3.8, 4) is 5.75 Å². The summed E-state index contributed by atoms with van der Waals surface area (Å²) in [6.45, 7) is 7.32. The van der Waals surface area contributed by atoms with Gasteiger partial charge in [-0.05, 0) is 45.2 Å². The molecule has 1 saturated carbocycles. The van der Waals surface area contributed by atoms with Crippen LogP contribution >= 0.6 is 0 Å². The van der Waals surface area contributed by atoms with Gasteiger partial charge in [-0.1, -0.05) is 18.2 Å². The van der Waals surface area contributed by atoms with Gasteiger partial charge < -0.3 is 14.8 Å². The molecule has 3 heteroatoms. The van der Waals surface area contributed by atoms with Gasteiger partial charge in [0.15, 0.2) is 0 Å². The number of hydrogen-bond acceptors (Lipinski definition) is 3. The lowest BCUT2D eigenvalue weighted by atomic mass is 10.1. The zero-order chi connectivity index (χ0) is 13.5. The van der Waals surface area contributed by atoms with Crippen molar-refractivity contribution in [2.24, 2.45) is 5.92 Å². The van der Waals surface area contributed by atoms with Gasteiger partial charge in [-0.15, -0.1) is 0 Å². The van der Waals surface area contributed by atoms with Gasteiger partial charge in [-0.2, -0.15) is 0 Å². The molecule has 0 heterocycles. The van der Waals surface area contributed by atoms with Gasteiger partial charge >= 0.3 is 0 Å². The summed E-state index contributed by atoms with van der Waals surface area (Å²) in [6, 6.07) is 8.61. The van der Waals surface area contributed by atoms with E-state index in [0.29, 0.717) is 19.3 Å². The first kappa shape index (κ1) is 14.4. The van der Waals surface area contributed by atoms with E-state index in [2.05, 4.69) is 24.4 Å². The maximum atomic E-state index is 5.82. The fraction of sp³-hybridized carbons (Fsp3) is 0.625. The summed E-state index contributed by atoms with van der Waals surface area (Å²) in [6.07, 6.45) is 2.76. The van der Waals surface area contributed by atoms with E-state index in [1.165, 1.54) is 18.4 Å². The van der Waals surface area contributed by atoms with Crippen LogP contribution < -0.4 is 10.1 Å². The van der Waals surface area contributed by atoms with Crippen LogP contribution in [0.25, 0.3) is 0 Å². The first-order chi connectivity index (χ1) is 9.31. The Morgan fingerprint density at radius 3 is 2.79 bits per heavy atom. The molecule has 1 atom stereocenters. The van der Waals surface area contributed by atoms with E-state index in [0.717, 1.165) is 24.8 Å². The van der Waals surface area contributed by atoms with Crippen LogP contribution in [0.5, 0.6) is 5.75 Å². The van der Waals surface area contributed by atoms with E-state index in [4.69, 9.17) is 9.47 Å². The van der Waals surface area contributed by atoms with E-state index in [9.17, 15) is 0 Å². The van der Waals surface area contributed by atoms with Crippen molar-refractivity contribution in [1.82, 2.24) is 5.32 Å². The van der Waals surface area contributed by atoms with Crippen LogP contribution in [0.3, 0.4) is 0 Å². The van der Waals surface area contributed by atoms with Crippen molar-refractivity contribution in [3.05, 3.63) is 29.8 Å². The molecule has 2 rings (SSSR count). The summed E-state index contributed by atoms with van der Waals surface area (Å²) in [7, 11) is 0. The molecular weight excluding hydrogens is 238 g/mol. The van der Waals surface area contributed by atoms with E-state index >= 15 is 0 Å². The molecule has 106 valence electrons. The number of rotatable bonds is 9. The summed E-state index contributed by atoms with van der Waals surface area (Å²) in [5, 5.41) is 3.59. The normalized spacial score (nSPS) is 16.3. The van der Waals surface area contributed by atoms with Crippen molar-refractivity contribution in [2.75, 3.05) is 26.4 Å². The third-order valence-electron chi connectivity index (χ3n) is 3.48. The van der Waals surface area contributed by atoms with Gasteiger partial charge in [0.25, 0.3) is 0 Å². The Hall–Kier alpha value is -1.06. The Morgan fingerprint density at radius 1 is 1.26 bits per heavy atom. The molecule has 0 radical (unpaired) electrons. The van der Waals surface area contributed by atoms with Crippen LogP contribution in [0, 0.1) is 5.92 Å². The lowest BCUT2D eigenvalue weighted by molar-refractivity contribution is 0.109. The molecule has 1 aliphatic carbocycles.